The minimum Gasteiger partial charge on any atom is -0.466 e. The lowest BCUT2D eigenvalue weighted by Crippen LogP contribution is -2.39. The quantitative estimate of drug-likeness (QED) is 0.784. The van der Waals surface area contributed by atoms with Gasteiger partial charge in [-0.3, -0.25) is 14.4 Å². The summed E-state index contributed by atoms with van der Waals surface area (Å²) in [7, 11) is 0. The number of aryl methyl sites for hydroxylation is 2. The highest BCUT2D eigenvalue weighted by Crippen LogP contribution is 2.25. The van der Waals surface area contributed by atoms with Crippen LogP contribution in [0.4, 0.5) is 0 Å². The Hall–Kier alpha value is -1.07. The average molecular weight is 314 g/mol. The van der Waals surface area contributed by atoms with Gasteiger partial charge in [0.25, 0.3) is 0 Å². The van der Waals surface area contributed by atoms with Crippen LogP contribution in [0.25, 0.3) is 0 Å². The van der Waals surface area contributed by atoms with Crippen LogP contribution in [-0.4, -0.2) is 40.3 Å². The molecule has 1 aliphatic heterocycles. The van der Waals surface area contributed by atoms with Gasteiger partial charge in [-0.2, -0.15) is 5.10 Å². The van der Waals surface area contributed by atoms with Gasteiger partial charge in [-0.05, 0) is 40.2 Å². The topological polar surface area (TPSA) is 47.4 Å². The number of ether oxygens (including phenoxy) is 1. The molecule has 1 aliphatic rings. The average Bonchev–Trinajstić information content (AvgIpc) is 2.75. The molecule has 2 heterocycles. The smallest absolute Gasteiger partial charge is 0.310 e. The van der Waals surface area contributed by atoms with Crippen LogP contribution in [0.3, 0.4) is 0 Å². The number of halogens is 1. The van der Waals surface area contributed by atoms with E-state index in [2.05, 4.69) is 16.9 Å². The summed E-state index contributed by atoms with van der Waals surface area (Å²) in [4.78, 5) is 14.2. The third kappa shape index (κ3) is 3.77. The molecular weight excluding hydrogens is 290 g/mol. The van der Waals surface area contributed by atoms with Gasteiger partial charge in [0.05, 0.1) is 28.9 Å². The molecule has 0 N–H and O–H groups in total. The maximum absolute atomic E-state index is 11.9. The predicted octanol–water partition coefficient (Wildman–Crippen LogP) is 2.64. The monoisotopic (exact) mass is 313 g/mol. The van der Waals surface area contributed by atoms with Gasteiger partial charge in [0, 0.05) is 19.6 Å². The molecule has 5 nitrogen and oxygen atoms in total. The molecule has 0 spiro atoms. The first-order valence-corrected chi connectivity index (χ1v) is 8.05. The zero-order valence-electron chi connectivity index (χ0n) is 13.1. The minimum absolute atomic E-state index is 0.0171. The Bertz CT molecular complexity index is 501. The van der Waals surface area contributed by atoms with Gasteiger partial charge in [-0.25, -0.2) is 0 Å². The number of aromatic nitrogens is 2. The van der Waals surface area contributed by atoms with Crippen molar-refractivity contribution in [3.05, 3.63) is 16.4 Å². The van der Waals surface area contributed by atoms with Crippen molar-refractivity contribution in [1.29, 1.82) is 0 Å². The summed E-state index contributed by atoms with van der Waals surface area (Å²) in [6, 6.07) is 0. The Morgan fingerprint density at radius 3 is 2.90 bits per heavy atom. The maximum Gasteiger partial charge on any atom is 0.310 e. The number of rotatable bonds is 5. The van der Waals surface area contributed by atoms with Crippen LogP contribution in [0.2, 0.25) is 5.02 Å². The molecule has 1 fully saturated rings. The van der Waals surface area contributed by atoms with E-state index in [0.717, 1.165) is 55.4 Å². The Morgan fingerprint density at radius 1 is 1.48 bits per heavy atom. The third-order valence-corrected chi connectivity index (χ3v) is 4.44. The maximum atomic E-state index is 11.9. The molecular formula is C15H24ClN3O2. The van der Waals surface area contributed by atoms with E-state index < -0.39 is 0 Å². The van der Waals surface area contributed by atoms with Crippen molar-refractivity contribution < 1.29 is 9.53 Å². The molecule has 0 amide bonds. The molecule has 0 aromatic carbocycles. The van der Waals surface area contributed by atoms with E-state index in [-0.39, 0.29) is 11.9 Å². The third-order valence-electron chi connectivity index (χ3n) is 3.95. The van der Waals surface area contributed by atoms with Crippen molar-refractivity contribution in [2.45, 2.75) is 46.7 Å². The van der Waals surface area contributed by atoms with Crippen LogP contribution >= 0.6 is 11.6 Å². The second kappa shape index (κ2) is 7.27. The standard InChI is InChI=1S/C15H24ClN3O2/c1-4-19-13(14(16)11(3)17-19)10-18-8-6-7-12(9-18)15(20)21-5-2/h12H,4-10H2,1-3H3/t12-/m1/s1. The summed E-state index contributed by atoms with van der Waals surface area (Å²) in [5.41, 5.74) is 1.91. The first-order valence-electron chi connectivity index (χ1n) is 7.67. The van der Waals surface area contributed by atoms with Gasteiger partial charge in [0.15, 0.2) is 0 Å². The van der Waals surface area contributed by atoms with E-state index >= 15 is 0 Å². The molecule has 0 aliphatic carbocycles. The molecule has 0 bridgehead atoms. The fraction of sp³-hybridized carbons (Fsp3) is 0.733. The summed E-state index contributed by atoms with van der Waals surface area (Å²) in [5.74, 6) is -0.0925. The fourth-order valence-electron chi connectivity index (χ4n) is 2.88. The van der Waals surface area contributed by atoms with Gasteiger partial charge in [-0.15, -0.1) is 0 Å². The molecule has 0 saturated carbocycles. The van der Waals surface area contributed by atoms with Crippen molar-refractivity contribution in [3.63, 3.8) is 0 Å². The van der Waals surface area contributed by atoms with E-state index in [0.29, 0.717) is 6.61 Å². The summed E-state index contributed by atoms with van der Waals surface area (Å²) in [6.45, 7) is 9.55. The molecule has 1 atom stereocenters. The minimum atomic E-state index is -0.0755. The Labute approximate surface area is 131 Å². The number of likely N-dealkylation sites (tertiary alicyclic amines) is 1. The molecule has 21 heavy (non-hydrogen) atoms. The van der Waals surface area contributed by atoms with Crippen molar-refractivity contribution in [2.75, 3.05) is 19.7 Å². The fourth-order valence-corrected chi connectivity index (χ4v) is 3.08. The molecule has 6 heteroatoms. The van der Waals surface area contributed by atoms with Crippen molar-refractivity contribution >= 4 is 17.6 Å². The molecule has 0 radical (unpaired) electrons. The van der Waals surface area contributed by atoms with Crippen LogP contribution in [-0.2, 0) is 22.6 Å². The zero-order valence-corrected chi connectivity index (χ0v) is 13.8. The van der Waals surface area contributed by atoms with Crippen molar-refractivity contribution in [2.24, 2.45) is 5.92 Å². The van der Waals surface area contributed by atoms with Gasteiger partial charge in [0.2, 0.25) is 0 Å². The van der Waals surface area contributed by atoms with Gasteiger partial charge < -0.3 is 4.74 Å². The van der Waals surface area contributed by atoms with Gasteiger partial charge in [0.1, 0.15) is 0 Å². The predicted molar refractivity (Wildman–Crippen MR) is 82.3 cm³/mol. The summed E-state index contributed by atoms with van der Waals surface area (Å²) >= 11 is 6.36. The Kier molecular flexibility index (Phi) is 5.65. The lowest BCUT2D eigenvalue weighted by atomic mass is 9.98. The first kappa shape index (κ1) is 16.3. The first-order chi connectivity index (χ1) is 10.1. The molecule has 0 unspecified atom stereocenters. The van der Waals surface area contributed by atoms with Crippen molar-refractivity contribution in [3.8, 4) is 0 Å². The van der Waals surface area contributed by atoms with E-state index in [1.165, 1.54) is 0 Å². The second-order valence-electron chi connectivity index (χ2n) is 5.49. The van der Waals surface area contributed by atoms with Gasteiger partial charge >= 0.3 is 5.97 Å². The van der Waals surface area contributed by atoms with Crippen LogP contribution in [0.1, 0.15) is 38.1 Å². The summed E-state index contributed by atoms with van der Waals surface area (Å²) < 4.78 is 7.09. The number of hydrogen-bond donors (Lipinski definition) is 0. The Morgan fingerprint density at radius 2 is 2.24 bits per heavy atom. The van der Waals surface area contributed by atoms with Gasteiger partial charge in [-0.1, -0.05) is 11.6 Å². The number of carbonyl (C=O) groups is 1. The highest BCUT2D eigenvalue weighted by Gasteiger charge is 2.28. The summed E-state index contributed by atoms with van der Waals surface area (Å²) in [6.07, 6.45) is 1.93. The lowest BCUT2D eigenvalue weighted by Gasteiger charge is -2.31. The van der Waals surface area contributed by atoms with E-state index in [1.54, 1.807) is 0 Å². The van der Waals surface area contributed by atoms with Crippen LogP contribution < -0.4 is 0 Å². The number of hydrogen-bond acceptors (Lipinski definition) is 4. The van der Waals surface area contributed by atoms with E-state index in [9.17, 15) is 4.79 Å². The highest BCUT2D eigenvalue weighted by atomic mass is 35.5. The molecule has 1 saturated heterocycles. The lowest BCUT2D eigenvalue weighted by molar-refractivity contribution is -0.150. The SMILES string of the molecule is CCOC(=O)[C@@H]1CCCN(Cc2c(Cl)c(C)nn2CC)C1. The second-order valence-corrected chi connectivity index (χ2v) is 5.87. The van der Waals surface area contributed by atoms with Crippen LogP contribution in [0.15, 0.2) is 0 Å². The van der Waals surface area contributed by atoms with E-state index in [4.69, 9.17) is 16.3 Å². The highest BCUT2D eigenvalue weighted by molar-refractivity contribution is 6.31. The van der Waals surface area contributed by atoms with Crippen LogP contribution in [0, 0.1) is 12.8 Å². The normalized spacial score (nSPS) is 19.7. The molecule has 1 aromatic rings. The zero-order chi connectivity index (χ0) is 15.4. The largest absolute Gasteiger partial charge is 0.466 e. The van der Waals surface area contributed by atoms with Crippen molar-refractivity contribution in [1.82, 2.24) is 14.7 Å². The molecule has 1 aromatic heterocycles. The summed E-state index contributed by atoms with van der Waals surface area (Å²) in [5, 5.41) is 5.19. The molecule has 2 rings (SSSR count). The van der Waals surface area contributed by atoms with E-state index in [1.807, 2.05) is 18.5 Å². The van der Waals surface area contributed by atoms with Crippen LogP contribution in [0.5, 0.6) is 0 Å². The number of carbonyl (C=O) groups excluding carboxylic acids is 1. The number of piperidine rings is 1. The Balaban J connectivity index is 2.04. The number of nitrogens with zero attached hydrogens (tertiary/aromatic N) is 3. The molecule has 118 valence electrons. The number of esters is 1.